The van der Waals surface area contributed by atoms with Crippen LogP contribution in [0.25, 0.3) is 0 Å². The van der Waals surface area contributed by atoms with Crippen molar-refractivity contribution in [2.45, 2.75) is 65.6 Å². The number of carbonyl (C=O) groups excluding carboxylic acids is 1. The average Bonchev–Trinajstić information content (AvgIpc) is 3.17. The van der Waals surface area contributed by atoms with Gasteiger partial charge in [-0.2, -0.15) is 0 Å². The van der Waals surface area contributed by atoms with Crippen LogP contribution in [0.15, 0.2) is 35.8 Å². The maximum Gasteiger partial charge on any atom is 0.318 e. The minimum absolute atomic E-state index is 0.0208. The molecular formula is C21H29N3OS. The number of thiazole rings is 1. The molecule has 2 amide bonds. The normalized spacial score (nSPS) is 15.5. The van der Waals surface area contributed by atoms with Crippen LogP contribution >= 0.6 is 11.3 Å². The molecule has 1 aromatic carbocycles. The first kappa shape index (κ1) is 18.9. The van der Waals surface area contributed by atoms with Crippen molar-refractivity contribution >= 4 is 17.4 Å². The van der Waals surface area contributed by atoms with Crippen LogP contribution in [0.1, 0.15) is 56.2 Å². The molecule has 0 unspecified atom stereocenters. The van der Waals surface area contributed by atoms with Crippen LogP contribution < -0.4 is 5.32 Å². The van der Waals surface area contributed by atoms with Gasteiger partial charge in [-0.25, -0.2) is 9.78 Å². The molecular weight excluding hydrogens is 342 g/mol. The highest BCUT2D eigenvalue weighted by molar-refractivity contribution is 7.09. The lowest BCUT2D eigenvalue weighted by molar-refractivity contribution is 0.181. The predicted molar refractivity (Wildman–Crippen MR) is 107 cm³/mol. The number of carbonyl (C=O) groups is 1. The van der Waals surface area contributed by atoms with E-state index in [2.05, 4.69) is 43.2 Å². The van der Waals surface area contributed by atoms with Gasteiger partial charge in [-0.3, -0.25) is 0 Å². The van der Waals surface area contributed by atoms with E-state index >= 15 is 0 Å². The molecule has 2 aromatic rings. The fourth-order valence-corrected chi connectivity index (χ4v) is 4.26. The fraction of sp³-hybridized carbons (Fsp3) is 0.524. The summed E-state index contributed by atoms with van der Waals surface area (Å²) in [7, 11) is 0. The third-order valence-electron chi connectivity index (χ3n) is 4.78. The summed E-state index contributed by atoms with van der Waals surface area (Å²) in [5, 5.41) is 3.35. The molecule has 0 aliphatic heterocycles. The number of hydrogen-bond donors (Lipinski definition) is 1. The molecule has 26 heavy (non-hydrogen) atoms. The van der Waals surface area contributed by atoms with Crippen molar-refractivity contribution in [1.82, 2.24) is 15.2 Å². The third-order valence-corrected chi connectivity index (χ3v) is 5.70. The molecule has 4 nitrogen and oxygen atoms in total. The Morgan fingerprint density at radius 3 is 2.46 bits per heavy atom. The van der Waals surface area contributed by atoms with Crippen LogP contribution in [0.5, 0.6) is 0 Å². The first-order valence-electron chi connectivity index (χ1n) is 9.26. The summed E-state index contributed by atoms with van der Waals surface area (Å²) >= 11 is 1.62. The van der Waals surface area contributed by atoms with E-state index in [9.17, 15) is 4.79 Å². The van der Waals surface area contributed by atoms with Crippen molar-refractivity contribution in [1.29, 1.82) is 0 Å². The summed E-state index contributed by atoms with van der Waals surface area (Å²) in [6.07, 6.45) is 3.17. The summed E-state index contributed by atoms with van der Waals surface area (Å²) in [4.78, 5) is 20.5. The Hall–Kier alpha value is -1.88. The molecule has 0 spiro atoms. The van der Waals surface area contributed by atoms with Crippen LogP contribution in [0.3, 0.4) is 0 Å². The smallest absolute Gasteiger partial charge is 0.318 e. The summed E-state index contributed by atoms with van der Waals surface area (Å²) < 4.78 is 0. The van der Waals surface area contributed by atoms with E-state index in [1.807, 2.05) is 35.5 Å². The number of urea groups is 1. The van der Waals surface area contributed by atoms with Crippen LogP contribution in [-0.4, -0.2) is 21.5 Å². The second kappa shape index (κ2) is 7.39. The molecule has 1 fully saturated rings. The van der Waals surface area contributed by atoms with Crippen molar-refractivity contribution in [2.24, 2.45) is 5.41 Å². The molecule has 3 rings (SSSR count). The van der Waals surface area contributed by atoms with Gasteiger partial charge in [0.1, 0.15) is 0 Å². The van der Waals surface area contributed by atoms with Gasteiger partial charge >= 0.3 is 6.03 Å². The van der Waals surface area contributed by atoms with Crippen molar-refractivity contribution in [3.63, 3.8) is 0 Å². The number of aromatic nitrogens is 1. The monoisotopic (exact) mass is 371 g/mol. The second-order valence-corrected chi connectivity index (χ2v) is 9.59. The first-order chi connectivity index (χ1) is 12.3. The minimum Gasteiger partial charge on any atom is -0.333 e. The van der Waals surface area contributed by atoms with Gasteiger partial charge in [0.15, 0.2) is 0 Å². The average molecular weight is 372 g/mol. The van der Waals surface area contributed by atoms with Crippen molar-refractivity contribution < 1.29 is 4.79 Å². The van der Waals surface area contributed by atoms with E-state index in [1.165, 1.54) is 0 Å². The summed E-state index contributed by atoms with van der Waals surface area (Å²) in [5.74, 6) is 0. The van der Waals surface area contributed by atoms with Gasteiger partial charge in [-0.05, 0) is 37.2 Å². The summed E-state index contributed by atoms with van der Waals surface area (Å²) in [5.41, 5.74) is 4.20. The van der Waals surface area contributed by atoms with E-state index in [-0.39, 0.29) is 17.0 Å². The largest absolute Gasteiger partial charge is 0.333 e. The Bertz CT molecular complexity index is 744. The lowest BCUT2D eigenvalue weighted by Crippen LogP contribution is -2.46. The Morgan fingerprint density at radius 1 is 1.23 bits per heavy atom. The molecule has 140 valence electrons. The van der Waals surface area contributed by atoms with E-state index in [0.29, 0.717) is 13.1 Å². The molecule has 1 aliphatic rings. The van der Waals surface area contributed by atoms with Crippen molar-refractivity contribution in [3.8, 4) is 0 Å². The highest BCUT2D eigenvalue weighted by atomic mass is 32.1. The van der Waals surface area contributed by atoms with E-state index in [4.69, 9.17) is 0 Å². The highest BCUT2D eigenvalue weighted by Gasteiger charge is 2.47. The summed E-state index contributed by atoms with van der Waals surface area (Å²) in [6.45, 7) is 9.93. The quantitative estimate of drug-likeness (QED) is 0.765. The van der Waals surface area contributed by atoms with Crippen LogP contribution in [-0.2, 0) is 13.1 Å². The van der Waals surface area contributed by atoms with Crippen LogP contribution in [0.4, 0.5) is 4.79 Å². The van der Waals surface area contributed by atoms with Gasteiger partial charge in [0.25, 0.3) is 0 Å². The molecule has 0 saturated heterocycles. The first-order valence-corrected chi connectivity index (χ1v) is 10.1. The lowest BCUT2D eigenvalue weighted by atomic mass is 9.87. The van der Waals surface area contributed by atoms with Crippen molar-refractivity contribution in [3.05, 3.63) is 52.0 Å². The van der Waals surface area contributed by atoms with Gasteiger partial charge < -0.3 is 10.2 Å². The zero-order chi connectivity index (χ0) is 18.8. The van der Waals surface area contributed by atoms with Gasteiger partial charge in [0.05, 0.1) is 17.7 Å². The Morgan fingerprint density at radius 2 is 1.92 bits per heavy atom. The van der Waals surface area contributed by atoms with Crippen LogP contribution in [0.2, 0.25) is 0 Å². The topological polar surface area (TPSA) is 45.2 Å². The van der Waals surface area contributed by atoms with E-state index < -0.39 is 0 Å². The maximum atomic E-state index is 13.1. The molecule has 1 heterocycles. The maximum absolute atomic E-state index is 13.1. The molecule has 1 aromatic heterocycles. The molecule has 0 atom stereocenters. The number of hydrogen-bond acceptors (Lipinski definition) is 3. The highest BCUT2D eigenvalue weighted by Crippen LogP contribution is 2.44. The third kappa shape index (κ3) is 5.07. The molecule has 0 radical (unpaired) electrons. The second-order valence-electron chi connectivity index (χ2n) is 8.65. The Balaban J connectivity index is 1.74. The number of aryl methyl sites for hydroxylation is 1. The fourth-order valence-electron chi connectivity index (χ4n) is 3.47. The van der Waals surface area contributed by atoms with Gasteiger partial charge in [0, 0.05) is 17.0 Å². The minimum atomic E-state index is -0.0208. The number of nitrogens with zero attached hydrogens (tertiary/aromatic N) is 2. The van der Waals surface area contributed by atoms with Crippen LogP contribution in [0, 0.1) is 12.3 Å². The zero-order valence-corrected chi connectivity index (χ0v) is 17.0. The number of nitrogens with one attached hydrogen (secondary N) is 1. The molecule has 1 N–H and O–H groups in total. The number of benzene rings is 1. The predicted octanol–water partition coefficient (Wildman–Crippen LogP) is 5.13. The van der Waals surface area contributed by atoms with Crippen molar-refractivity contribution in [2.75, 3.05) is 0 Å². The Kier molecular flexibility index (Phi) is 5.37. The van der Waals surface area contributed by atoms with Gasteiger partial charge in [0.2, 0.25) is 0 Å². The van der Waals surface area contributed by atoms with E-state index in [0.717, 1.165) is 35.4 Å². The molecule has 1 aliphatic carbocycles. The summed E-state index contributed by atoms with van der Waals surface area (Å²) in [6, 6.07) is 10.2. The SMILES string of the molecule is Cc1ncsc1CN(Cc1ccccc1)C(=O)NC1(CC(C)(C)C)CC1. The molecule has 1 saturated carbocycles. The standard InChI is InChI=1S/C21H29N3OS/c1-16-18(26-15-22-16)13-24(12-17-8-6-5-7-9-17)19(25)23-21(10-11-21)14-20(2,3)4/h5-9,15H,10-14H2,1-4H3,(H,23,25). The number of amides is 2. The molecule has 0 bridgehead atoms. The Labute approximate surface area is 160 Å². The molecule has 5 heteroatoms. The van der Waals surface area contributed by atoms with Gasteiger partial charge in [-0.1, -0.05) is 51.1 Å². The lowest BCUT2D eigenvalue weighted by Gasteiger charge is -2.30. The van der Waals surface area contributed by atoms with E-state index in [1.54, 1.807) is 11.3 Å². The number of rotatable bonds is 6. The van der Waals surface area contributed by atoms with Gasteiger partial charge in [-0.15, -0.1) is 11.3 Å². The zero-order valence-electron chi connectivity index (χ0n) is 16.2.